The Morgan fingerprint density at radius 1 is 1.43 bits per heavy atom. The second-order valence-electron chi connectivity index (χ2n) is 4.70. The number of amides is 1. The van der Waals surface area contributed by atoms with Gasteiger partial charge in [0.1, 0.15) is 5.75 Å². The van der Waals surface area contributed by atoms with E-state index in [9.17, 15) is 4.79 Å². The molecule has 7 nitrogen and oxygen atoms in total. The van der Waals surface area contributed by atoms with Crippen LogP contribution in [0.4, 0.5) is 5.95 Å². The largest absolute Gasteiger partial charge is 0.491 e. The molecule has 108 valence electrons. The van der Waals surface area contributed by atoms with Crippen LogP contribution in [0.1, 0.15) is 24.4 Å². The Bertz CT molecular complexity index is 762. The lowest BCUT2D eigenvalue weighted by Crippen LogP contribution is -2.12. The van der Waals surface area contributed by atoms with Gasteiger partial charge in [0.05, 0.1) is 12.4 Å². The van der Waals surface area contributed by atoms with E-state index in [2.05, 4.69) is 15.4 Å². The third kappa shape index (κ3) is 2.86. The van der Waals surface area contributed by atoms with E-state index in [4.69, 9.17) is 9.15 Å². The lowest BCUT2D eigenvalue weighted by atomic mass is 10.4. The summed E-state index contributed by atoms with van der Waals surface area (Å²) in [6.45, 7) is 3.89. The Kier molecular flexibility index (Phi) is 3.31. The van der Waals surface area contributed by atoms with Crippen molar-refractivity contribution >= 4 is 17.5 Å². The second-order valence-corrected chi connectivity index (χ2v) is 4.70. The van der Waals surface area contributed by atoms with Crippen LogP contribution in [-0.4, -0.2) is 26.6 Å². The molecule has 0 fully saturated rings. The first-order chi connectivity index (χ1) is 10.1. The molecule has 1 amide bonds. The molecule has 0 aliphatic rings. The number of fused-ring (bicyclic) bond motifs is 1. The molecule has 0 atom stereocenters. The number of furan rings is 1. The van der Waals surface area contributed by atoms with Crippen LogP contribution >= 0.6 is 0 Å². The van der Waals surface area contributed by atoms with Gasteiger partial charge in [-0.2, -0.15) is 4.98 Å². The molecule has 0 aliphatic carbocycles. The van der Waals surface area contributed by atoms with Gasteiger partial charge >= 0.3 is 0 Å². The van der Waals surface area contributed by atoms with Crippen molar-refractivity contribution in [3.8, 4) is 5.75 Å². The van der Waals surface area contributed by atoms with Gasteiger partial charge < -0.3 is 9.15 Å². The van der Waals surface area contributed by atoms with Crippen molar-refractivity contribution in [3.05, 3.63) is 42.5 Å². The van der Waals surface area contributed by atoms with Crippen molar-refractivity contribution in [3.63, 3.8) is 0 Å². The minimum Gasteiger partial charge on any atom is -0.491 e. The monoisotopic (exact) mass is 286 g/mol. The minimum absolute atomic E-state index is 0.0773. The molecule has 3 heterocycles. The molecule has 1 N–H and O–H groups in total. The highest BCUT2D eigenvalue weighted by molar-refractivity contribution is 6.01. The van der Waals surface area contributed by atoms with E-state index in [-0.39, 0.29) is 17.8 Å². The maximum atomic E-state index is 11.8. The van der Waals surface area contributed by atoms with Gasteiger partial charge in [-0.25, -0.2) is 4.52 Å². The number of nitrogens with zero attached hydrogens (tertiary/aromatic N) is 3. The quantitative estimate of drug-likeness (QED) is 0.796. The molecular formula is C14H14N4O3. The van der Waals surface area contributed by atoms with E-state index in [0.29, 0.717) is 11.4 Å². The molecule has 21 heavy (non-hydrogen) atoms. The topological polar surface area (TPSA) is 81.7 Å². The van der Waals surface area contributed by atoms with E-state index in [1.165, 1.54) is 6.26 Å². The van der Waals surface area contributed by atoms with Crippen LogP contribution in [0.25, 0.3) is 5.65 Å². The summed E-state index contributed by atoms with van der Waals surface area (Å²) in [7, 11) is 0. The summed E-state index contributed by atoms with van der Waals surface area (Å²) in [5.41, 5.74) is 0.586. The Balaban J connectivity index is 1.82. The SMILES string of the molecule is CC(C)Oc1ccn2nc(NC(=O)c3ccco3)nc2c1. The Morgan fingerprint density at radius 2 is 2.29 bits per heavy atom. The van der Waals surface area contributed by atoms with Crippen molar-refractivity contribution in [2.75, 3.05) is 5.32 Å². The fraction of sp³-hybridized carbons (Fsp3) is 0.214. The van der Waals surface area contributed by atoms with Gasteiger partial charge in [-0.15, -0.1) is 5.10 Å². The van der Waals surface area contributed by atoms with Gasteiger partial charge in [-0.3, -0.25) is 10.1 Å². The van der Waals surface area contributed by atoms with Gasteiger partial charge in [0, 0.05) is 12.3 Å². The van der Waals surface area contributed by atoms with E-state index in [0.717, 1.165) is 0 Å². The molecule has 0 spiro atoms. The Hall–Kier alpha value is -2.83. The standard InChI is InChI=1S/C14H14N4O3/c1-9(2)21-10-5-6-18-12(8-10)15-14(17-18)16-13(19)11-4-3-7-20-11/h3-9H,1-2H3,(H,16,17,19). The van der Waals surface area contributed by atoms with E-state index in [1.54, 1.807) is 35.0 Å². The molecule has 0 saturated carbocycles. The van der Waals surface area contributed by atoms with Gasteiger partial charge in [-0.1, -0.05) is 0 Å². The molecule has 0 aliphatic heterocycles. The molecule has 3 rings (SSSR count). The molecule has 7 heteroatoms. The van der Waals surface area contributed by atoms with Gasteiger partial charge in [0.2, 0.25) is 5.95 Å². The van der Waals surface area contributed by atoms with Crippen molar-refractivity contribution in [1.82, 2.24) is 14.6 Å². The van der Waals surface area contributed by atoms with E-state index >= 15 is 0 Å². The van der Waals surface area contributed by atoms with Gasteiger partial charge in [0.15, 0.2) is 11.4 Å². The fourth-order valence-corrected chi connectivity index (χ4v) is 1.83. The number of aromatic nitrogens is 3. The number of hydrogen-bond acceptors (Lipinski definition) is 5. The first kappa shape index (κ1) is 13.2. The predicted molar refractivity (Wildman–Crippen MR) is 75.4 cm³/mol. The van der Waals surface area contributed by atoms with E-state index < -0.39 is 5.91 Å². The summed E-state index contributed by atoms with van der Waals surface area (Å²) in [6, 6.07) is 6.76. The normalized spacial score (nSPS) is 11.0. The number of pyridine rings is 1. The first-order valence-corrected chi connectivity index (χ1v) is 6.50. The maximum Gasteiger partial charge on any atom is 0.293 e. The van der Waals surface area contributed by atoms with Crippen LogP contribution < -0.4 is 10.1 Å². The lowest BCUT2D eigenvalue weighted by Gasteiger charge is -2.08. The van der Waals surface area contributed by atoms with Crippen LogP contribution in [0.3, 0.4) is 0 Å². The Morgan fingerprint density at radius 3 is 3.00 bits per heavy atom. The van der Waals surface area contributed by atoms with Gasteiger partial charge in [0.25, 0.3) is 5.91 Å². The zero-order valence-corrected chi connectivity index (χ0v) is 11.6. The summed E-state index contributed by atoms with van der Waals surface area (Å²) in [4.78, 5) is 16.1. The van der Waals surface area contributed by atoms with Crippen LogP contribution in [0.5, 0.6) is 5.75 Å². The Labute approximate surface area is 120 Å². The summed E-state index contributed by atoms with van der Waals surface area (Å²) in [6.07, 6.45) is 3.23. The lowest BCUT2D eigenvalue weighted by molar-refractivity contribution is 0.0996. The second kappa shape index (κ2) is 5.28. The number of ether oxygens (including phenoxy) is 1. The third-order valence-electron chi connectivity index (χ3n) is 2.65. The van der Waals surface area contributed by atoms with Crippen molar-refractivity contribution in [2.24, 2.45) is 0 Å². The zero-order valence-electron chi connectivity index (χ0n) is 11.6. The smallest absolute Gasteiger partial charge is 0.293 e. The summed E-state index contributed by atoms with van der Waals surface area (Å²) < 4.78 is 12.2. The number of anilines is 1. The molecule has 3 aromatic heterocycles. The highest BCUT2D eigenvalue weighted by Gasteiger charge is 2.12. The summed E-state index contributed by atoms with van der Waals surface area (Å²) in [5, 5.41) is 6.74. The average Bonchev–Trinajstić information content (AvgIpc) is 3.05. The van der Waals surface area contributed by atoms with E-state index in [1.807, 2.05) is 13.8 Å². The summed E-state index contributed by atoms with van der Waals surface area (Å²) >= 11 is 0. The molecule has 0 saturated heterocycles. The third-order valence-corrected chi connectivity index (χ3v) is 2.65. The number of carbonyl (C=O) groups is 1. The number of carbonyl (C=O) groups excluding carboxylic acids is 1. The van der Waals surface area contributed by atoms with Crippen molar-refractivity contribution < 1.29 is 13.9 Å². The highest BCUT2D eigenvalue weighted by Crippen LogP contribution is 2.16. The zero-order chi connectivity index (χ0) is 14.8. The van der Waals surface area contributed by atoms with Gasteiger partial charge in [-0.05, 0) is 32.0 Å². The van der Waals surface area contributed by atoms with Crippen LogP contribution in [0.2, 0.25) is 0 Å². The molecule has 0 unspecified atom stereocenters. The molecule has 0 bridgehead atoms. The number of hydrogen-bond donors (Lipinski definition) is 1. The highest BCUT2D eigenvalue weighted by atomic mass is 16.5. The van der Waals surface area contributed by atoms with Crippen LogP contribution in [-0.2, 0) is 0 Å². The molecule has 0 radical (unpaired) electrons. The fourth-order valence-electron chi connectivity index (χ4n) is 1.83. The average molecular weight is 286 g/mol. The van der Waals surface area contributed by atoms with Crippen LogP contribution in [0.15, 0.2) is 41.1 Å². The number of rotatable bonds is 4. The molecule has 0 aromatic carbocycles. The van der Waals surface area contributed by atoms with Crippen molar-refractivity contribution in [2.45, 2.75) is 20.0 Å². The van der Waals surface area contributed by atoms with Crippen molar-refractivity contribution in [1.29, 1.82) is 0 Å². The summed E-state index contributed by atoms with van der Waals surface area (Å²) in [5.74, 6) is 0.721. The maximum absolute atomic E-state index is 11.8. The predicted octanol–water partition coefficient (Wildman–Crippen LogP) is 2.36. The minimum atomic E-state index is -0.394. The first-order valence-electron chi connectivity index (χ1n) is 6.50. The number of nitrogens with one attached hydrogen (secondary N) is 1. The van der Waals surface area contributed by atoms with Crippen LogP contribution in [0, 0.1) is 0 Å². The molecular weight excluding hydrogens is 272 g/mol. The molecule has 3 aromatic rings.